The van der Waals surface area contributed by atoms with Crippen molar-refractivity contribution in [1.82, 2.24) is 25.0 Å². The lowest BCUT2D eigenvalue weighted by Crippen LogP contribution is -2.30. The van der Waals surface area contributed by atoms with Gasteiger partial charge >= 0.3 is 5.97 Å². The molecule has 1 aromatic carbocycles. The van der Waals surface area contributed by atoms with Crippen LogP contribution in [-0.4, -0.2) is 44.1 Å². The fraction of sp³-hybridized carbons (Fsp3) is 0.389. The summed E-state index contributed by atoms with van der Waals surface area (Å²) in [5.74, 6) is 1.12. The minimum atomic E-state index is -0.111. The number of benzene rings is 1. The van der Waals surface area contributed by atoms with Crippen LogP contribution >= 0.6 is 0 Å². The summed E-state index contributed by atoms with van der Waals surface area (Å²) >= 11 is 0. The van der Waals surface area contributed by atoms with Gasteiger partial charge in [-0.15, -0.1) is 5.10 Å². The summed E-state index contributed by atoms with van der Waals surface area (Å²) in [6.07, 6.45) is 5.12. The highest BCUT2D eigenvalue weighted by Crippen LogP contribution is 2.27. The average molecular weight is 352 g/mol. The molecule has 0 bridgehead atoms. The molecule has 4 rings (SSSR count). The molecule has 0 atom stereocenters. The Balaban J connectivity index is 1.48. The maximum Gasteiger partial charge on any atom is 0.308 e. The first-order valence-corrected chi connectivity index (χ1v) is 8.73. The molecule has 0 spiro atoms. The molecule has 8 heteroatoms. The third-order valence-corrected chi connectivity index (χ3v) is 4.80. The van der Waals surface area contributed by atoms with Gasteiger partial charge in [-0.05, 0) is 37.8 Å². The molecule has 0 aliphatic heterocycles. The van der Waals surface area contributed by atoms with E-state index in [9.17, 15) is 4.79 Å². The van der Waals surface area contributed by atoms with Gasteiger partial charge in [0.05, 0.1) is 18.5 Å². The summed E-state index contributed by atoms with van der Waals surface area (Å²) in [7, 11) is 1.44. The SMILES string of the molecule is COC(=O)[C@H]1CC[C@H](Nc2nccc(-n3nnc4ccccc43)n2)CC1. The number of rotatable bonds is 4. The number of esters is 1. The highest BCUT2D eigenvalue weighted by molar-refractivity contribution is 5.75. The molecule has 2 heterocycles. The molecule has 1 aliphatic carbocycles. The highest BCUT2D eigenvalue weighted by Gasteiger charge is 2.27. The number of anilines is 1. The number of fused-ring (bicyclic) bond motifs is 1. The van der Waals surface area contributed by atoms with E-state index in [2.05, 4.69) is 25.6 Å². The summed E-state index contributed by atoms with van der Waals surface area (Å²) < 4.78 is 6.54. The lowest BCUT2D eigenvalue weighted by atomic mass is 9.86. The van der Waals surface area contributed by atoms with Gasteiger partial charge in [0.2, 0.25) is 5.95 Å². The predicted octanol–water partition coefficient (Wildman–Crippen LogP) is 2.35. The minimum absolute atomic E-state index is 0.00631. The van der Waals surface area contributed by atoms with Crippen LogP contribution in [0.15, 0.2) is 36.5 Å². The summed E-state index contributed by atoms with van der Waals surface area (Å²) in [4.78, 5) is 20.5. The number of carbonyl (C=O) groups excluding carboxylic acids is 1. The Morgan fingerprint density at radius 2 is 2.00 bits per heavy atom. The van der Waals surface area contributed by atoms with Gasteiger partial charge in [0.1, 0.15) is 5.52 Å². The zero-order valence-electron chi connectivity index (χ0n) is 14.5. The Labute approximate surface area is 150 Å². The Bertz CT molecular complexity index is 917. The summed E-state index contributed by atoms with van der Waals surface area (Å²) in [5, 5.41) is 11.7. The van der Waals surface area contributed by atoms with E-state index in [1.54, 1.807) is 16.9 Å². The lowest BCUT2D eigenvalue weighted by molar-refractivity contribution is -0.146. The third kappa shape index (κ3) is 3.22. The van der Waals surface area contributed by atoms with E-state index in [-0.39, 0.29) is 17.9 Å². The molecule has 3 aromatic rings. The van der Waals surface area contributed by atoms with Crippen molar-refractivity contribution < 1.29 is 9.53 Å². The topological polar surface area (TPSA) is 94.8 Å². The van der Waals surface area contributed by atoms with Crippen LogP contribution < -0.4 is 5.32 Å². The number of aromatic nitrogens is 5. The van der Waals surface area contributed by atoms with Crippen LogP contribution in [0.1, 0.15) is 25.7 Å². The average Bonchev–Trinajstić information content (AvgIpc) is 3.12. The van der Waals surface area contributed by atoms with Crippen molar-refractivity contribution in [3.05, 3.63) is 36.5 Å². The number of carbonyl (C=O) groups is 1. The number of nitrogens with zero attached hydrogens (tertiary/aromatic N) is 5. The van der Waals surface area contributed by atoms with Crippen molar-refractivity contribution >= 4 is 23.0 Å². The number of ether oxygens (including phenoxy) is 1. The molecule has 134 valence electrons. The second kappa shape index (κ2) is 7.07. The summed E-state index contributed by atoms with van der Waals surface area (Å²) in [5.41, 5.74) is 1.72. The van der Waals surface area contributed by atoms with E-state index in [4.69, 9.17) is 4.74 Å². The molecule has 0 unspecified atom stereocenters. The Hall–Kier alpha value is -3.03. The largest absolute Gasteiger partial charge is 0.469 e. The third-order valence-electron chi connectivity index (χ3n) is 4.80. The quantitative estimate of drug-likeness (QED) is 0.720. The van der Waals surface area contributed by atoms with Crippen LogP contribution in [0.2, 0.25) is 0 Å². The van der Waals surface area contributed by atoms with Crippen LogP contribution in [0.3, 0.4) is 0 Å². The zero-order chi connectivity index (χ0) is 17.9. The molecule has 0 amide bonds. The number of para-hydroxylation sites is 1. The first-order chi connectivity index (χ1) is 12.7. The first kappa shape index (κ1) is 16.4. The summed E-state index contributed by atoms with van der Waals surface area (Å²) in [6.45, 7) is 0. The van der Waals surface area contributed by atoms with Crippen molar-refractivity contribution in [1.29, 1.82) is 0 Å². The Morgan fingerprint density at radius 3 is 2.81 bits per heavy atom. The first-order valence-electron chi connectivity index (χ1n) is 8.73. The van der Waals surface area contributed by atoms with Crippen LogP contribution in [0.5, 0.6) is 0 Å². The highest BCUT2D eigenvalue weighted by atomic mass is 16.5. The number of nitrogens with one attached hydrogen (secondary N) is 1. The second-order valence-electron chi connectivity index (χ2n) is 6.44. The van der Waals surface area contributed by atoms with Gasteiger partial charge in [-0.3, -0.25) is 4.79 Å². The van der Waals surface area contributed by atoms with Gasteiger partial charge in [0.25, 0.3) is 0 Å². The fourth-order valence-electron chi connectivity index (χ4n) is 3.40. The second-order valence-corrected chi connectivity index (χ2v) is 6.44. The fourth-order valence-corrected chi connectivity index (χ4v) is 3.40. The number of methoxy groups -OCH3 is 1. The predicted molar refractivity (Wildman–Crippen MR) is 95.8 cm³/mol. The van der Waals surface area contributed by atoms with Crippen molar-refractivity contribution in [3.8, 4) is 5.82 Å². The molecule has 1 fully saturated rings. The molecule has 0 radical (unpaired) electrons. The molecular formula is C18H20N6O2. The maximum atomic E-state index is 11.6. The monoisotopic (exact) mass is 352 g/mol. The van der Waals surface area contributed by atoms with E-state index < -0.39 is 0 Å². The Morgan fingerprint density at radius 1 is 1.19 bits per heavy atom. The maximum absolute atomic E-state index is 11.6. The van der Waals surface area contributed by atoms with Crippen LogP contribution in [0, 0.1) is 5.92 Å². The minimum Gasteiger partial charge on any atom is -0.469 e. The van der Waals surface area contributed by atoms with Crippen molar-refractivity contribution in [3.63, 3.8) is 0 Å². The molecule has 26 heavy (non-hydrogen) atoms. The zero-order valence-corrected chi connectivity index (χ0v) is 14.5. The van der Waals surface area contributed by atoms with Gasteiger partial charge in [-0.2, -0.15) is 9.67 Å². The summed E-state index contributed by atoms with van der Waals surface area (Å²) in [6, 6.07) is 9.80. The van der Waals surface area contributed by atoms with E-state index in [0.717, 1.165) is 36.7 Å². The van der Waals surface area contributed by atoms with Crippen LogP contribution in [0.25, 0.3) is 16.9 Å². The molecule has 0 saturated heterocycles. The Kier molecular flexibility index (Phi) is 4.47. The van der Waals surface area contributed by atoms with Crippen LogP contribution in [0.4, 0.5) is 5.95 Å². The van der Waals surface area contributed by atoms with E-state index in [0.29, 0.717) is 11.8 Å². The molecule has 1 aliphatic rings. The molecule has 2 aromatic heterocycles. The van der Waals surface area contributed by atoms with Crippen molar-refractivity contribution in [2.75, 3.05) is 12.4 Å². The smallest absolute Gasteiger partial charge is 0.308 e. The molecule has 1 N–H and O–H groups in total. The normalized spacial score (nSPS) is 20.0. The van der Waals surface area contributed by atoms with Gasteiger partial charge in [0, 0.05) is 18.3 Å². The van der Waals surface area contributed by atoms with Gasteiger partial charge in [-0.25, -0.2) is 4.98 Å². The van der Waals surface area contributed by atoms with Gasteiger partial charge in [-0.1, -0.05) is 17.3 Å². The van der Waals surface area contributed by atoms with E-state index in [1.807, 2.05) is 24.3 Å². The number of hydrogen-bond acceptors (Lipinski definition) is 7. The lowest BCUT2D eigenvalue weighted by Gasteiger charge is -2.27. The van der Waals surface area contributed by atoms with Gasteiger partial charge < -0.3 is 10.1 Å². The van der Waals surface area contributed by atoms with Gasteiger partial charge in [0.15, 0.2) is 5.82 Å². The van der Waals surface area contributed by atoms with Crippen molar-refractivity contribution in [2.24, 2.45) is 5.92 Å². The standard InChI is InChI=1S/C18H20N6O2/c1-26-17(25)12-6-8-13(9-7-12)20-18-19-11-10-16(21-18)24-15-5-3-2-4-14(15)22-23-24/h2-5,10-13H,6-9H2,1H3,(H,19,20,21)/t12-,13-. The molecular weight excluding hydrogens is 332 g/mol. The van der Waals surface area contributed by atoms with E-state index >= 15 is 0 Å². The van der Waals surface area contributed by atoms with Crippen molar-refractivity contribution in [2.45, 2.75) is 31.7 Å². The van der Waals surface area contributed by atoms with Crippen LogP contribution in [-0.2, 0) is 9.53 Å². The molecule has 8 nitrogen and oxygen atoms in total. The molecule has 1 saturated carbocycles. The van der Waals surface area contributed by atoms with E-state index in [1.165, 1.54) is 7.11 Å². The number of hydrogen-bond donors (Lipinski definition) is 1.